The van der Waals surface area contributed by atoms with Crippen LogP contribution in [0.15, 0.2) is 72.8 Å². The second-order valence-electron chi connectivity index (χ2n) is 8.67. The zero-order valence-corrected chi connectivity index (χ0v) is 20.0. The number of nitrogens with zero attached hydrogens (tertiary/aromatic N) is 1. The second kappa shape index (κ2) is 9.95. The van der Waals surface area contributed by atoms with Crippen molar-refractivity contribution in [2.24, 2.45) is 5.92 Å². The first-order valence-electron chi connectivity index (χ1n) is 11.4. The van der Waals surface area contributed by atoms with Crippen LogP contribution >= 0.6 is 0 Å². The van der Waals surface area contributed by atoms with E-state index in [-0.39, 0.29) is 17.4 Å². The minimum Gasteiger partial charge on any atom is -0.451 e. The molecule has 3 aromatic rings. The van der Waals surface area contributed by atoms with Gasteiger partial charge in [0.05, 0.1) is 22.4 Å². The van der Waals surface area contributed by atoms with Gasteiger partial charge in [-0.2, -0.15) is 0 Å². The van der Waals surface area contributed by atoms with Gasteiger partial charge >= 0.3 is 5.97 Å². The average Bonchev–Trinajstić information content (AvgIpc) is 3.13. The highest BCUT2D eigenvalue weighted by Gasteiger charge is 2.36. The fourth-order valence-electron chi connectivity index (χ4n) is 3.69. The lowest BCUT2D eigenvalue weighted by atomic mass is 10.1. The number of nitrogens with one attached hydrogen (secondary N) is 1. The highest BCUT2D eigenvalue weighted by Crippen LogP contribution is 2.28. The van der Waals surface area contributed by atoms with E-state index in [9.17, 15) is 24.0 Å². The number of esters is 1. The summed E-state index contributed by atoms with van der Waals surface area (Å²) in [5.41, 5.74) is 2.04. The number of amides is 3. The van der Waals surface area contributed by atoms with Crippen molar-refractivity contribution in [1.82, 2.24) is 0 Å². The summed E-state index contributed by atoms with van der Waals surface area (Å²) < 4.78 is 5.33. The van der Waals surface area contributed by atoms with E-state index in [0.29, 0.717) is 28.1 Å². The minimum atomic E-state index is -1.05. The van der Waals surface area contributed by atoms with Crippen LogP contribution < -0.4 is 10.2 Å². The molecule has 3 aromatic carbocycles. The van der Waals surface area contributed by atoms with Gasteiger partial charge in [-0.3, -0.25) is 19.2 Å². The highest BCUT2D eigenvalue weighted by atomic mass is 16.5. The van der Waals surface area contributed by atoms with E-state index in [2.05, 4.69) is 5.32 Å². The molecule has 182 valence electrons. The molecule has 0 fully saturated rings. The van der Waals surface area contributed by atoms with Crippen LogP contribution in [0, 0.1) is 5.92 Å². The van der Waals surface area contributed by atoms with Gasteiger partial charge in [-0.25, -0.2) is 9.69 Å². The van der Waals surface area contributed by atoms with E-state index >= 15 is 0 Å². The summed E-state index contributed by atoms with van der Waals surface area (Å²) in [5.74, 6) is -2.28. The molecule has 1 N–H and O–H groups in total. The number of anilines is 2. The number of imide groups is 1. The topological polar surface area (TPSA) is 110 Å². The zero-order valence-electron chi connectivity index (χ0n) is 20.0. The Labute approximate surface area is 207 Å². The molecule has 1 heterocycles. The van der Waals surface area contributed by atoms with Gasteiger partial charge in [0.15, 0.2) is 6.10 Å². The maximum atomic E-state index is 12.7. The Bertz CT molecular complexity index is 1320. The number of carbonyl (C=O) groups excluding carboxylic acids is 5. The molecule has 0 aromatic heterocycles. The third kappa shape index (κ3) is 4.79. The van der Waals surface area contributed by atoms with Crippen molar-refractivity contribution in [3.63, 3.8) is 0 Å². The Kier molecular flexibility index (Phi) is 6.78. The molecule has 8 heteroatoms. The lowest BCUT2D eigenvalue weighted by molar-refractivity contribution is -0.118. The standard InChI is InChI=1S/C28H24N2O6/c1-16(2)25(32)29-20-12-8-18(9-13-20)24(31)17(3)36-28(35)19-10-14-21(15-11-19)30-26(33)22-6-4-5-7-23(22)27(30)34/h4-17H,1-3H3,(H,29,32). The van der Waals surface area contributed by atoms with E-state index in [1.807, 2.05) is 0 Å². The van der Waals surface area contributed by atoms with E-state index in [1.165, 1.54) is 31.2 Å². The van der Waals surface area contributed by atoms with Gasteiger partial charge in [0.1, 0.15) is 0 Å². The third-order valence-electron chi connectivity index (χ3n) is 5.77. The second-order valence-corrected chi connectivity index (χ2v) is 8.67. The van der Waals surface area contributed by atoms with Gasteiger partial charge in [-0.15, -0.1) is 0 Å². The predicted molar refractivity (Wildman–Crippen MR) is 133 cm³/mol. The first-order chi connectivity index (χ1) is 17.2. The molecule has 0 spiro atoms. The molecule has 0 saturated carbocycles. The lowest BCUT2D eigenvalue weighted by Crippen LogP contribution is -2.29. The molecule has 1 aliphatic rings. The summed E-state index contributed by atoms with van der Waals surface area (Å²) in [7, 11) is 0. The van der Waals surface area contributed by atoms with Crippen LogP contribution in [0.3, 0.4) is 0 Å². The summed E-state index contributed by atoms with van der Waals surface area (Å²) in [5, 5.41) is 2.74. The fourth-order valence-corrected chi connectivity index (χ4v) is 3.69. The summed E-state index contributed by atoms with van der Waals surface area (Å²) >= 11 is 0. The molecule has 1 aliphatic heterocycles. The van der Waals surface area contributed by atoms with Crippen LogP contribution in [0.4, 0.5) is 11.4 Å². The van der Waals surface area contributed by atoms with Gasteiger partial charge in [0.25, 0.3) is 11.8 Å². The van der Waals surface area contributed by atoms with Gasteiger partial charge < -0.3 is 10.1 Å². The Morgan fingerprint density at radius 1 is 0.750 bits per heavy atom. The number of rotatable bonds is 7. The van der Waals surface area contributed by atoms with E-state index in [1.54, 1.807) is 62.4 Å². The van der Waals surface area contributed by atoms with Gasteiger partial charge in [-0.05, 0) is 67.6 Å². The van der Waals surface area contributed by atoms with Crippen molar-refractivity contribution in [3.05, 3.63) is 95.1 Å². The fraction of sp³-hybridized carbons (Fsp3) is 0.179. The Morgan fingerprint density at radius 3 is 1.81 bits per heavy atom. The normalized spacial score (nSPS) is 13.4. The van der Waals surface area contributed by atoms with Crippen molar-refractivity contribution in [1.29, 1.82) is 0 Å². The van der Waals surface area contributed by atoms with Crippen LogP contribution in [-0.4, -0.2) is 35.6 Å². The number of hydrogen-bond donors (Lipinski definition) is 1. The molecule has 8 nitrogen and oxygen atoms in total. The summed E-state index contributed by atoms with van der Waals surface area (Å²) in [6.45, 7) is 5.03. The molecule has 4 rings (SSSR count). The number of fused-ring (bicyclic) bond motifs is 1. The maximum absolute atomic E-state index is 12.7. The monoisotopic (exact) mass is 484 g/mol. The Morgan fingerprint density at radius 2 is 1.28 bits per heavy atom. The number of benzene rings is 3. The van der Waals surface area contributed by atoms with Gasteiger partial charge in [0, 0.05) is 17.2 Å². The average molecular weight is 485 g/mol. The third-order valence-corrected chi connectivity index (χ3v) is 5.77. The van der Waals surface area contributed by atoms with Crippen LogP contribution in [0.1, 0.15) is 62.2 Å². The smallest absolute Gasteiger partial charge is 0.338 e. The van der Waals surface area contributed by atoms with E-state index in [0.717, 1.165) is 4.90 Å². The molecule has 0 radical (unpaired) electrons. The minimum absolute atomic E-state index is 0.134. The van der Waals surface area contributed by atoms with Crippen molar-refractivity contribution in [2.45, 2.75) is 26.9 Å². The van der Waals surface area contributed by atoms with Crippen molar-refractivity contribution < 1.29 is 28.7 Å². The quantitative estimate of drug-likeness (QED) is 0.300. The number of carbonyl (C=O) groups is 5. The largest absolute Gasteiger partial charge is 0.451 e. The van der Waals surface area contributed by atoms with E-state index in [4.69, 9.17) is 4.74 Å². The predicted octanol–water partition coefficient (Wildman–Crippen LogP) is 4.51. The van der Waals surface area contributed by atoms with Gasteiger partial charge in [0.2, 0.25) is 11.7 Å². The Hall–Kier alpha value is -4.59. The summed E-state index contributed by atoms with van der Waals surface area (Å²) in [4.78, 5) is 63.5. The maximum Gasteiger partial charge on any atom is 0.338 e. The van der Waals surface area contributed by atoms with Crippen LogP contribution in [-0.2, 0) is 9.53 Å². The van der Waals surface area contributed by atoms with Crippen molar-refractivity contribution in [3.8, 4) is 0 Å². The number of ketones is 1. The molecular formula is C28H24N2O6. The molecule has 0 saturated heterocycles. The number of hydrogen-bond acceptors (Lipinski definition) is 6. The number of Topliss-reactive ketones (excluding diaryl/α,β-unsaturated/α-hetero) is 1. The lowest BCUT2D eigenvalue weighted by Gasteiger charge is -2.15. The molecular weight excluding hydrogens is 460 g/mol. The molecule has 36 heavy (non-hydrogen) atoms. The number of ether oxygens (including phenoxy) is 1. The molecule has 1 unspecified atom stereocenters. The van der Waals surface area contributed by atoms with Crippen molar-refractivity contribution in [2.75, 3.05) is 10.2 Å². The van der Waals surface area contributed by atoms with Crippen LogP contribution in [0.25, 0.3) is 0 Å². The van der Waals surface area contributed by atoms with Gasteiger partial charge in [-0.1, -0.05) is 26.0 Å². The van der Waals surface area contributed by atoms with Crippen LogP contribution in [0.2, 0.25) is 0 Å². The summed E-state index contributed by atoms with van der Waals surface area (Å²) in [6.07, 6.45) is -1.05. The van der Waals surface area contributed by atoms with Crippen LogP contribution in [0.5, 0.6) is 0 Å². The Balaban J connectivity index is 1.39. The SMILES string of the molecule is CC(C)C(=O)Nc1ccc(C(=O)C(C)OC(=O)c2ccc(N3C(=O)c4ccccc4C3=O)cc2)cc1. The van der Waals surface area contributed by atoms with Crippen molar-refractivity contribution >= 4 is 40.8 Å². The van der Waals surface area contributed by atoms with E-state index < -0.39 is 29.7 Å². The molecule has 0 aliphatic carbocycles. The zero-order chi connectivity index (χ0) is 26.0. The highest BCUT2D eigenvalue weighted by molar-refractivity contribution is 6.34. The molecule has 1 atom stereocenters. The molecule has 0 bridgehead atoms. The summed E-state index contributed by atoms with van der Waals surface area (Å²) in [6, 6.07) is 18.7. The first kappa shape index (κ1) is 24.5. The molecule has 3 amide bonds. The first-order valence-corrected chi connectivity index (χ1v) is 11.4.